The molecule has 1 fully saturated rings. The van der Waals surface area contributed by atoms with Gasteiger partial charge in [-0.1, -0.05) is 6.92 Å². The van der Waals surface area contributed by atoms with E-state index in [2.05, 4.69) is 4.98 Å². The van der Waals surface area contributed by atoms with Crippen LogP contribution in [0.1, 0.15) is 30.5 Å². The predicted octanol–water partition coefficient (Wildman–Crippen LogP) is 0.938. The summed E-state index contributed by atoms with van der Waals surface area (Å²) < 4.78 is 22.5. The number of carbonyl (C=O) groups excluding carboxylic acids is 1. The monoisotopic (exact) mass is 331 g/mol. The van der Waals surface area contributed by atoms with Crippen molar-refractivity contribution in [1.29, 1.82) is 0 Å². The summed E-state index contributed by atoms with van der Waals surface area (Å²) in [5, 5.41) is 7.84. The van der Waals surface area contributed by atoms with E-state index in [-0.39, 0.29) is 29.4 Å². The third kappa shape index (κ3) is 4.02. The number of nitrogens with zero attached hydrogens (tertiary/aromatic N) is 2. The van der Waals surface area contributed by atoms with Gasteiger partial charge in [0.2, 0.25) is 15.9 Å². The van der Waals surface area contributed by atoms with Gasteiger partial charge in [-0.3, -0.25) is 4.79 Å². The van der Waals surface area contributed by atoms with Crippen LogP contribution in [0.2, 0.25) is 0 Å². The van der Waals surface area contributed by atoms with Crippen LogP contribution in [0.3, 0.4) is 0 Å². The van der Waals surface area contributed by atoms with Crippen molar-refractivity contribution in [2.75, 3.05) is 18.8 Å². The van der Waals surface area contributed by atoms with Gasteiger partial charge >= 0.3 is 0 Å². The maximum atomic E-state index is 12.5. The predicted molar refractivity (Wildman–Crippen MR) is 82.5 cm³/mol. The van der Waals surface area contributed by atoms with Crippen molar-refractivity contribution in [3.05, 3.63) is 16.1 Å². The highest BCUT2D eigenvalue weighted by atomic mass is 32.2. The molecule has 1 saturated heterocycles. The van der Waals surface area contributed by atoms with Crippen LogP contribution in [-0.2, 0) is 14.8 Å². The number of carbonyl (C=O) groups is 1. The Balaban J connectivity index is 2.04. The summed E-state index contributed by atoms with van der Waals surface area (Å²) in [7, 11) is -3.51. The number of rotatable bonds is 4. The number of hydrogen-bond acceptors (Lipinski definition) is 5. The van der Waals surface area contributed by atoms with E-state index in [0.717, 1.165) is 10.7 Å². The molecule has 1 unspecified atom stereocenters. The summed E-state index contributed by atoms with van der Waals surface area (Å²) in [4.78, 5) is 18.6. The highest BCUT2D eigenvalue weighted by molar-refractivity contribution is 7.89. The van der Waals surface area contributed by atoms with Gasteiger partial charge in [-0.15, -0.1) is 11.3 Å². The number of thiazole rings is 1. The van der Waals surface area contributed by atoms with Gasteiger partial charge in [-0.2, -0.15) is 0 Å². The topological polar surface area (TPSA) is 93.4 Å². The highest BCUT2D eigenvalue weighted by Gasteiger charge is 2.36. The average Bonchev–Trinajstić information content (AvgIpc) is 2.93. The molecule has 0 aromatic carbocycles. The second kappa shape index (κ2) is 6.02. The fourth-order valence-corrected chi connectivity index (χ4v) is 4.56. The number of sulfonamides is 1. The van der Waals surface area contributed by atoms with E-state index in [1.54, 1.807) is 4.90 Å². The molecule has 0 radical (unpaired) electrons. The van der Waals surface area contributed by atoms with Crippen LogP contribution in [-0.4, -0.2) is 43.1 Å². The number of aryl methyl sites for hydroxylation is 1. The number of hydrogen-bond donors (Lipinski definition) is 1. The molecule has 1 aliphatic rings. The molecule has 1 aliphatic heterocycles. The Morgan fingerprint density at radius 3 is 2.76 bits per heavy atom. The lowest BCUT2D eigenvalue weighted by atomic mass is 10.0. The number of aromatic nitrogens is 1. The van der Waals surface area contributed by atoms with Crippen molar-refractivity contribution in [3.8, 4) is 0 Å². The third-order valence-corrected chi connectivity index (χ3v) is 5.94. The zero-order valence-corrected chi connectivity index (χ0v) is 14.1. The molecule has 2 N–H and O–H groups in total. The summed E-state index contributed by atoms with van der Waals surface area (Å²) >= 11 is 1.48. The van der Waals surface area contributed by atoms with E-state index in [9.17, 15) is 13.2 Å². The van der Waals surface area contributed by atoms with Crippen LogP contribution in [0.5, 0.6) is 0 Å². The van der Waals surface area contributed by atoms with Gasteiger partial charge in [-0.25, -0.2) is 18.5 Å². The van der Waals surface area contributed by atoms with Gasteiger partial charge in [-0.05, 0) is 25.7 Å². The Morgan fingerprint density at radius 1 is 1.57 bits per heavy atom. The van der Waals surface area contributed by atoms with Gasteiger partial charge < -0.3 is 4.90 Å². The van der Waals surface area contributed by atoms with E-state index in [0.29, 0.717) is 13.1 Å². The molecular weight excluding hydrogens is 310 g/mol. The highest BCUT2D eigenvalue weighted by Crippen LogP contribution is 2.28. The zero-order valence-electron chi connectivity index (χ0n) is 12.4. The first-order valence-corrected chi connectivity index (χ1v) is 9.48. The summed E-state index contributed by atoms with van der Waals surface area (Å²) in [6, 6.07) is 0. The summed E-state index contributed by atoms with van der Waals surface area (Å²) in [6.45, 7) is 6.73. The molecule has 21 heavy (non-hydrogen) atoms. The van der Waals surface area contributed by atoms with Crippen molar-refractivity contribution in [1.82, 2.24) is 9.88 Å². The van der Waals surface area contributed by atoms with E-state index >= 15 is 0 Å². The number of amides is 1. The normalized spacial score (nSPS) is 24.3. The van der Waals surface area contributed by atoms with E-state index in [1.807, 2.05) is 26.2 Å². The molecule has 2 rings (SSSR count). The molecule has 0 bridgehead atoms. The van der Waals surface area contributed by atoms with Crippen molar-refractivity contribution in [2.24, 2.45) is 17.0 Å². The molecule has 1 aromatic heterocycles. The fourth-order valence-electron chi connectivity index (χ4n) is 2.68. The standard InChI is InChI=1S/C13H21N3O3S2/c1-8-4-16(5-11(8)7-21(14,18)19)13(17)10(3)12-15-9(2)6-20-12/h6,8,10-11H,4-5,7H2,1-3H3,(H2,14,18,19)/t8-,10?,11+/m1/s1. The number of primary sulfonamides is 1. The van der Waals surface area contributed by atoms with Crippen LogP contribution in [0.4, 0.5) is 0 Å². The smallest absolute Gasteiger partial charge is 0.232 e. The van der Waals surface area contributed by atoms with Gasteiger partial charge in [0.1, 0.15) is 5.01 Å². The largest absolute Gasteiger partial charge is 0.342 e. The minimum Gasteiger partial charge on any atom is -0.342 e. The van der Waals surface area contributed by atoms with Gasteiger partial charge in [0.15, 0.2) is 0 Å². The molecular formula is C13H21N3O3S2. The minimum atomic E-state index is -3.51. The van der Waals surface area contributed by atoms with Crippen LogP contribution < -0.4 is 5.14 Å². The molecule has 0 saturated carbocycles. The van der Waals surface area contributed by atoms with E-state index < -0.39 is 10.0 Å². The second-order valence-corrected chi connectivity index (χ2v) is 8.41. The Bertz CT molecular complexity index is 626. The zero-order chi connectivity index (χ0) is 15.8. The maximum Gasteiger partial charge on any atom is 0.232 e. The maximum absolute atomic E-state index is 12.5. The van der Waals surface area contributed by atoms with E-state index in [4.69, 9.17) is 5.14 Å². The molecule has 1 amide bonds. The van der Waals surface area contributed by atoms with Gasteiger partial charge in [0, 0.05) is 24.2 Å². The van der Waals surface area contributed by atoms with Crippen LogP contribution in [0.15, 0.2) is 5.38 Å². The minimum absolute atomic E-state index is 0.00752. The summed E-state index contributed by atoms with van der Waals surface area (Å²) in [5.41, 5.74) is 0.913. The molecule has 8 heteroatoms. The third-order valence-electron chi connectivity index (χ3n) is 3.90. The quantitative estimate of drug-likeness (QED) is 0.888. The number of nitrogens with two attached hydrogens (primary N) is 1. The SMILES string of the molecule is Cc1csc(C(C)C(=O)N2C[C@@H](CS(N)(=O)=O)[C@H](C)C2)n1. The second-order valence-electron chi connectivity index (χ2n) is 5.86. The number of likely N-dealkylation sites (tertiary alicyclic amines) is 1. The molecule has 118 valence electrons. The first kappa shape index (κ1) is 16.4. The first-order valence-electron chi connectivity index (χ1n) is 6.88. The summed E-state index contributed by atoms with van der Waals surface area (Å²) in [5.74, 6) is -0.299. The van der Waals surface area contributed by atoms with Crippen molar-refractivity contribution < 1.29 is 13.2 Å². The first-order chi connectivity index (χ1) is 9.67. The summed E-state index contributed by atoms with van der Waals surface area (Å²) in [6.07, 6.45) is 0. The lowest BCUT2D eigenvalue weighted by Gasteiger charge is -2.19. The Kier molecular flexibility index (Phi) is 4.69. The molecule has 0 spiro atoms. The van der Waals surface area contributed by atoms with Crippen molar-refractivity contribution in [3.63, 3.8) is 0 Å². The lowest BCUT2D eigenvalue weighted by Crippen LogP contribution is -2.33. The van der Waals surface area contributed by atoms with Crippen molar-refractivity contribution in [2.45, 2.75) is 26.7 Å². The van der Waals surface area contributed by atoms with E-state index in [1.165, 1.54) is 11.3 Å². The Labute approximate surface area is 129 Å². The Hall–Kier alpha value is -0.990. The molecule has 6 nitrogen and oxygen atoms in total. The Morgan fingerprint density at radius 2 is 2.24 bits per heavy atom. The van der Waals surface area contributed by atoms with Crippen LogP contribution in [0.25, 0.3) is 0 Å². The van der Waals surface area contributed by atoms with Gasteiger partial charge in [0.05, 0.1) is 11.7 Å². The fraction of sp³-hybridized carbons (Fsp3) is 0.692. The molecule has 1 aromatic rings. The molecule has 3 atom stereocenters. The van der Waals surface area contributed by atoms with Crippen LogP contribution in [0, 0.1) is 18.8 Å². The lowest BCUT2D eigenvalue weighted by molar-refractivity contribution is -0.131. The van der Waals surface area contributed by atoms with Crippen molar-refractivity contribution >= 4 is 27.3 Å². The van der Waals surface area contributed by atoms with Gasteiger partial charge in [0.25, 0.3) is 0 Å². The molecule has 2 heterocycles. The van der Waals surface area contributed by atoms with Crippen LogP contribution >= 0.6 is 11.3 Å². The molecule has 0 aliphatic carbocycles. The average molecular weight is 331 g/mol.